The molecule has 5 heteroatoms. The molecule has 0 atom stereocenters. The Labute approximate surface area is 155 Å². The smallest absolute Gasteiger partial charge is 0.173 e. The lowest BCUT2D eigenvalue weighted by Gasteiger charge is -2.37. The predicted molar refractivity (Wildman–Crippen MR) is 109 cm³/mol. The fourth-order valence-corrected chi connectivity index (χ4v) is 3.28. The molecular weight excluding hydrogens is 330 g/mol. The van der Waals surface area contributed by atoms with Crippen LogP contribution in [0.25, 0.3) is 0 Å². The first-order valence-corrected chi connectivity index (χ1v) is 9.00. The molecule has 1 heterocycles. The monoisotopic (exact) mass is 355 g/mol. The van der Waals surface area contributed by atoms with Gasteiger partial charge in [0, 0.05) is 37.6 Å². The molecule has 132 valence electrons. The number of piperazine rings is 1. The maximum absolute atomic E-state index is 5.60. The van der Waals surface area contributed by atoms with Gasteiger partial charge in [0.15, 0.2) is 5.11 Å². The van der Waals surface area contributed by atoms with Gasteiger partial charge in [-0.1, -0.05) is 6.07 Å². The van der Waals surface area contributed by atoms with E-state index in [4.69, 9.17) is 17.0 Å². The number of methoxy groups -OCH3 is 1. The van der Waals surface area contributed by atoms with Crippen LogP contribution in [-0.4, -0.2) is 43.3 Å². The molecule has 0 bridgehead atoms. The van der Waals surface area contributed by atoms with Crippen molar-refractivity contribution >= 4 is 28.7 Å². The zero-order valence-electron chi connectivity index (χ0n) is 15.1. The van der Waals surface area contributed by atoms with Crippen LogP contribution < -0.4 is 15.0 Å². The van der Waals surface area contributed by atoms with Crippen LogP contribution in [0.1, 0.15) is 11.1 Å². The summed E-state index contributed by atoms with van der Waals surface area (Å²) in [6.07, 6.45) is 0. The Hall–Kier alpha value is -2.27. The van der Waals surface area contributed by atoms with E-state index < -0.39 is 0 Å². The molecule has 0 radical (unpaired) electrons. The molecule has 2 aromatic rings. The summed E-state index contributed by atoms with van der Waals surface area (Å²) in [6, 6.07) is 14.6. The minimum atomic E-state index is 0.803. The summed E-state index contributed by atoms with van der Waals surface area (Å²) < 4.78 is 5.23. The van der Waals surface area contributed by atoms with Crippen LogP contribution in [0, 0.1) is 13.8 Å². The van der Waals surface area contributed by atoms with Crippen molar-refractivity contribution in [1.82, 2.24) is 4.90 Å². The summed E-state index contributed by atoms with van der Waals surface area (Å²) in [6.45, 7) is 8.00. The minimum absolute atomic E-state index is 0.803. The van der Waals surface area contributed by atoms with Crippen molar-refractivity contribution in [2.24, 2.45) is 0 Å². The van der Waals surface area contributed by atoms with Crippen molar-refractivity contribution in [3.63, 3.8) is 0 Å². The van der Waals surface area contributed by atoms with E-state index in [1.54, 1.807) is 7.11 Å². The van der Waals surface area contributed by atoms with Gasteiger partial charge >= 0.3 is 0 Å². The molecule has 0 spiro atoms. The number of ether oxygens (including phenoxy) is 1. The predicted octanol–water partition coefficient (Wildman–Crippen LogP) is 3.83. The topological polar surface area (TPSA) is 27.7 Å². The molecule has 0 saturated carbocycles. The number of hydrogen-bond acceptors (Lipinski definition) is 3. The third kappa shape index (κ3) is 4.23. The number of aryl methyl sites for hydroxylation is 2. The highest BCUT2D eigenvalue weighted by molar-refractivity contribution is 7.80. The average Bonchev–Trinajstić information content (AvgIpc) is 2.65. The van der Waals surface area contributed by atoms with E-state index in [0.29, 0.717) is 0 Å². The van der Waals surface area contributed by atoms with Crippen LogP contribution in [0.3, 0.4) is 0 Å². The van der Waals surface area contributed by atoms with Crippen molar-refractivity contribution in [3.8, 4) is 5.75 Å². The van der Waals surface area contributed by atoms with Crippen LogP contribution in [0.2, 0.25) is 0 Å². The molecule has 0 aliphatic carbocycles. The van der Waals surface area contributed by atoms with Gasteiger partial charge in [0.25, 0.3) is 0 Å². The van der Waals surface area contributed by atoms with Gasteiger partial charge in [-0.05, 0) is 73.6 Å². The van der Waals surface area contributed by atoms with Gasteiger partial charge in [-0.25, -0.2) is 0 Å². The lowest BCUT2D eigenvalue weighted by atomic mass is 10.1. The number of nitrogens with one attached hydrogen (secondary N) is 1. The summed E-state index contributed by atoms with van der Waals surface area (Å²) in [7, 11) is 1.69. The molecule has 1 saturated heterocycles. The Bertz CT molecular complexity index is 737. The molecule has 3 rings (SSSR count). The van der Waals surface area contributed by atoms with Gasteiger partial charge in [0.2, 0.25) is 0 Å². The third-order valence-electron chi connectivity index (χ3n) is 4.76. The van der Waals surface area contributed by atoms with Gasteiger partial charge in [-0.3, -0.25) is 0 Å². The Morgan fingerprint density at radius 2 is 1.64 bits per heavy atom. The number of rotatable bonds is 3. The van der Waals surface area contributed by atoms with Crippen LogP contribution in [0.5, 0.6) is 5.75 Å². The van der Waals surface area contributed by atoms with E-state index in [2.05, 4.69) is 59.3 Å². The van der Waals surface area contributed by atoms with Gasteiger partial charge in [-0.2, -0.15) is 0 Å². The second kappa shape index (κ2) is 7.74. The number of benzene rings is 2. The average molecular weight is 356 g/mol. The van der Waals surface area contributed by atoms with Crippen LogP contribution in [-0.2, 0) is 0 Å². The molecule has 1 aliphatic rings. The van der Waals surface area contributed by atoms with E-state index in [1.165, 1.54) is 16.8 Å². The van der Waals surface area contributed by atoms with Gasteiger partial charge in [0.05, 0.1) is 7.11 Å². The summed E-state index contributed by atoms with van der Waals surface area (Å²) >= 11 is 5.60. The molecule has 4 nitrogen and oxygen atoms in total. The molecule has 1 aliphatic heterocycles. The molecule has 0 amide bonds. The zero-order valence-corrected chi connectivity index (χ0v) is 15.9. The fourth-order valence-electron chi connectivity index (χ4n) is 2.98. The summed E-state index contributed by atoms with van der Waals surface area (Å²) in [4.78, 5) is 4.62. The third-order valence-corrected chi connectivity index (χ3v) is 5.12. The van der Waals surface area contributed by atoms with Gasteiger partial charge < -0.3 is 19.9 Å². The lowest BCUT2D eigenvalue weighted by Crippen LogP contribution is -2.50. The first-order valence-electron chi connectivity index (χ1n) is 8.59. The largest absolute Gasteiger partial charge is 0.497 e. The van der Waals surface area contributed by atoms with E-state index in [1.807, 2.05) is 12.1 Å². The van der Waals surface area contributed by atoms with Crippen molar-refractivity contribution < 1.29 is 4.74 Å². The quantitative estimate of drug-likeness (QED) is 0.845. The highest BCUT2D eigenvalue weighted by Gasteiger charge is 2.19. The van der Waals surface area contributed by atoms with E-state index in [0.717, 1.165) is 42.7 Å². The van der Waals surface area contributed by atoms with Gasteiger partial charge in [0.1, 0.15) is 5.75 Å². The van der Waals surface area contributed by atoms with Crippen molar-refractivity contribution in [2.45, 2.75) is 13.8 Å². The Morgan fingerprint density at radius 3 is 2.24 bits per heavy atom. The number of thiocarbonyl (C=S) groups is 1. The molecule has 2 aromatic carbocycles. The molecule has 1 N–H and O–H groups in total. The Kier molecular flexibility index (Phi) is 5.43. The number of nitrogens with zero attached hydrogens (tertiary/aromatic N) is 2. The lowest BCUT2D eigenvalue weighted by molar-refractivity contribution is 0.390. The highest BCUT2D eigenvalue weighted by Crippen LogP contribution is 2.21. The van der Waals surface area contributed by atoms with Crippen molar-refractivity contribution in [1.29, 1.82) is 0 Å². The Morgan fingerprint density at radius 1 is 0.960 bits per heavy atom. The zero-order chi connectivity index (χ0) is 17.8. The second-order valence-electron chi connectivity index (χ2n) is 6.40. The molecule has 0 aromatic heterocycles. The Balaban J connectivity index is 1.55. The van der Waals surface area contributed by atoms with Gasteiger partial charge in [-0.15, -0.1) is 0 Å². The maximum atomic E-state index is 5.60. The summed E-state index contributed by atoms with van der Waals surface area (Å²) in [5.41, 5.74) is 4.86. The standard InChI is InChI=1S/C20H25N3OS/c1-15-4-5-17(14-16(15)2)21-20(25)23-12-10-22(11-13-23)18-6-8-19(24-3)9-7-18/h4-9,14H,10-13H2,1-3H3,(H,21,25). The van der Waals surface area contributed by atoms with E-state index >= 15 is 0 Å². The summed E-state index contributed by atoms with van der Waals surface area (Å²) in [5.74, 6) is 0.890. The molecule has 0 unspecified atom stereocenters. The van der Waals surface area contributed by atoms with E-state index in [9.17, 15) is 0 Å². The number of hydrogen-bond donors (Lipinski definition) is 1. The van der Waals surface area contributed by atoms with Crippen LogP contribution >= 0.6 is 12.2 Å². The second-order valence-corrected chi connectivity index (χ2v) is 6.79. The molecular formula is C20H25N3OS. The molecule has 25 heavy (non-hydrogen) atoms. The first-order chi connectivity index (χ1) is 12.1. The highest BCUT2D eigenvalue weighted by atomic mass is 32.1. The van der Waals surface area contributed by atoms with Crippen LogP contribution in [0.4, 0.5) is 11.4 Å². The fraction of sp³-hybridized carbons (Fsp3) is 0.350. The van der Waals surface area contributed by atoms with E-state index in [-0.39, 0.29) is 0 Å². The van der Waals surface area contributed by atoms with Crippen molar-refractivity contribution in [3.05, 3.63) is 53.6 Å². The maximum Gasteiger partial charge on any atom is 0.173 e. The molecule has 1 fully saturated rings. The van der Waals surface area contributed by atoms with Crippen LogP contribution in [0.15, 0.2) is 42.5 Å². The number of anilines is 2. The van der Waals surface area contributed by atoms with Crippen molar-refractivity contribution in [2.75, 3.05) is 43.5 Å². The minimum Gasteiger partial charge on any atom is -0.497 e. The summed E-state index contributed by atoms with van der Waals surface area (Å²) in [5, 5.41) is 4.18. The first kappa shape index (κ1) is 17.5. The normalized spacial score (nSPS) is 14.4. The SMILES string of the molecule is COc1ccc(N2CCN(C(=S)Nc3ccc(C)c(C)c3)CC2)cc1.